The summed E-state index contributed by atoms with van der Waals surface area (Å²) in [6, 6.07) is 0. The third-order valence-electron chi connectivity index (χ3n) is 5.64. The van der Waals surface area contributed by atoms with Gasteiger partial charge in [0.15, 0.2) is 0 Å². The largest absolute Gasteiger partial charge is 0.376 e. The van der Waals surface area contributed by atoms with Crippen LogP contribution in [0.5, 0.6) is 0 Å². The summed E-state index contributed by atoms with van der Waals surface area (Å²) < 4.78 is 5.61. The summed E-state index contributed by atoms with van der Waals surface area (Å²) >= 11 is 1.46. The van der Waals surface area contributed by atoms with E-state index in [1.807, 2.05) is 6.92 Å². The zero-order valence-corrected chi connectivity index (χ0v) is 17.6. The number of amides is 1. The molecule has 2 fully saturated rings. The molecular weight excluding hydrogens is 374 g/mol. The maximum Gasteiger partial charge on any atom is 0.261 e. The fourth-order valence-corrected chi connectivity index (χ4v) is 5.16. The molecule has 8 heteroatoms. The second-order valence-electron chi connectivity index (χ2n) is 7.61. The van der Waals surface area contributed by atoms with Crippen LogP contribution in [0.2, 0.25) is 0 Å². The van der Waals surface area contributed by atoms with Crippen molar-refractivity contribution >= 4 is 33.3 Å². The molecule has 4 rings (SSSR count). The van der Waals surface area contributed by atoms with Crippen molar-refractivity contribution in [2.24, 2.45) is 0 Å². The number of thiophene rings is 1. The van der Waals surface area contributed by atoms with Crippen LogP contribution in [-0.2, 0) is 4.74 Å². The van der Waals surface area contributed by atoms with Crippen LogP contribution in [0.15, 0.2) is 6.33 Å². The Morgan fingerprint density at radius 2 is 2.14 bits per heavy atom. The molecule has 2 saturated heterocycles. The third kappa shape index (κ3) is 3.99. The van der Waals surface area contributed by atoms with Crippen LogP contribution in [-0.4, -0.2) is 72.8 Å². The van der Waals surface area contributed by atoms with E-state index in [0.717, 1.165) is 78.6 Å². The second-order valence-corrected chi connectivity index (χ2v) is 8.61. The molecule has 28 heavy (non-hydrogen) atoms. The molecule has 2 aromatic rings. The molecule has 1 amide bonds. The first kappa shape index (κ1) is 19.5. The zero-order chi connectivity index (χ0) is 19.5. The molecule has 2 aliphatic heterocycles. The zero-order valence-electron chi connectivity index (χ0n) is 16.7. The molecule has 7 nitrogen and oxygen atoms in total. The molecule has 0 spiro atoms. The first-order chi connectivity index (χ1) is 13.7. The number of fused-ring (bicyclic) bond motifs is 1. The normalized spacial score (nSPS) is 20.8. The molecule has 2 aliphatic rings. The quantitative estimate of drug-likeness (QED) is 0.799. The van der Waals surface area contributed by atoms with Gasteiger partial charge in [-0.1, -0.05) is 6.92 Å². The highest BCUT2D eigenvalue weighted by Gasteiger charge is 2.25. The SMILES string of the molecule is CCCN1CCN(c2ncnc3sc(C(=O)NCC4CCCO4)c(C)c23)CC1. The van der Waals surface area contributed by atoms with Crippen LogP contribution in [0.3, 0.4) is 0 Å². The van der Waals surface area contributed by atoms with E-state index in [-0.39, 0.29) is 12.0 Å². The van der Waals surface area contributed by atoms with E-state index in [2.05, 4.69) is 32.0 Å². The van der Waals surface area contributed by atoms with Crippen LogP contribution >= 0.6 is 11.3 Å². The van der Waals surface area contributed by atoms with Gasteiger partial charge in [0, 0.05) is 39.3 Å². The van der Waals surface area contributed by atoms with Gasteiger partial charge in [-0.25, -0.2) is 9.97 Å². The summed E-state index contributed by atoms with van der Waals surface area (Å²) in [5.41, 5.74) is 0.983. The van der Waals surface area contributed by atoms with Gasteiger partial charge in [0.2, 0.25) is 0 Å². The highest BCUT2D eigenvalue weighted by Crippen LogP contribution is 2.35. The van der Waals surface area contributed by atoms with Crippen molar-refractivity contribution < 1.29 is 9.53 Å². The van der Waals surface area contributed by atoms with E-state index in [1.54, 1.807) is 6.33 Å². The number of piperazine rings is 1. The average Bonchev–Trinajstić information content (AvgIpc) is 3.35. The lowest BCUT2D eigenvalue weighted by Gasteiger charge is -2.35. The third-order valence-corrected chi connectivity index (χ3v) is 6.84. The number of aromatic nitrogens is 2. The Kier molecular flexibility index (Phi) is 6.08. The molecule has 152 valence electrons. The number of anilines is 1. The van der Waals surface area contributed by atoms with E-state index in [4.69, 9.17) is 4.74 Å². The number of aryl methyl sites for hydroxylation is 1. The predicted octanol–water partition coefficient (Wildman–Crippen LogP) is 2.44. The highest BCUT2D eigenvalue weighted by atomic mass is 32.1. The Morgan fingerprint density at radius 1 is 1.32 bits per heavy atom. The van der Waals surface area contributed by atoms with Gasteiger partial charge >= 0.3 is 0 Å². The van der Waals surface area contributed by atoms with E-state index in [1.165, 1.54) is 17.8 Å². The number of hydrogen-bond donors (Lipinski definition) is 1. The van der Waals surface area contributed by atoms with Crippen molar-refractivity contribution in [2.75, 3.05) is 50.8 Å². The van der Waals surface area contributed by atoms with Crippen LogP contribution in [0, 0.1) is 6.92 Å². The van der Waals surface area contributed by atoms with Crippen LogP contribution in [0.4, 0.5) is 5.82 Å². The van der Waals surface area contributed by atoms with Gasteiger partial charge in [-0.15, -0.1) is 11.3 Å². The van der Waals surface area contributed by atoms with Gasteiger partial charge in [-0.05, 0) is 38.3 Å². The summed E-state index contributed by atoms with van der Waals surface area (Å²) in [5, 5.41) is 4.07. The van der Waals surface area contributed by atoms with E-state index < -0.39 is 0 Å². The summed E-state index contributed by atoms with van der Waals surface area (Å²) in [4.78, 5) is 28.3. The standard InChI is InChI=1S/C20H29N5O2S/c1-3-6-24-7-9-25(10-8-24)18-16-14(2)17(28-20(16)23-13-22-18)19(26)21-12-15-5-4-11-27-15/h13,15H,3-12H2,1-2H3,(H,21,26). The summed E-state index contributed by atoms with van der Waals surface area (Å²) in [7, 11) is 0. The van der Waals surface area contributed by atoms with Crippen LogP contribution < -0.4 is 10.2 Å². The minimum Gasteiger partial charge on any atom is -0.376 e. The maximum atomic E-state index is 12.8. The molecule has 1 atom stereocenters. The van der Waals surface area contributed by atoms with Crippen molar-refractivity contribution in [2.45, 2.75) is 39.2 Å². The number of ether oxygens (including phenoxy) is 1. The molecule has 0 saturated carbocycles. The molecular formula is C20H29N5O2S. The Labute approximate surface area is 170 Å². The Bertz CT molecular complexity index is 825. The first-order valence-electron chi connectivity index (χ1n) is 10.3. The van der Waals surface area contributed by atoms with Crippen LogP contribution in [0.25, 0.3) is 10.2 Å². The molecule has 2 aromatic heterocycles. The Morgan fingerprint density at radius 3 is 2.86 bits per heavy atom. The van der Waals surface area contributed by atoms with Crippen molar-refractivity contribution in [1.82, 2.24) is 20.2 Å². The summed E-state index contributed by atoms with van der Waals surface area (Å²) in [5.74, 6) is 0.933. The number of hydrogen-bond acceptors (Lipinski definition) is 7. The molecule has 0 radical (unpaired) electrons. The molecule has 4 heterocycles. The van der Waals surface area contributed by atoms with Gasteiger partial charge in [-0.2, -0.15) is 0 Å². The number of carbonyl (C=O) groups excluding carboxylic acids is 1. The lowest BCUT2D eigenvalue weighted by Crippen LogP contribution is -2.46. The lowest BCUT2D eigenvalue weighted by molar-refractivity contribution is 0.0860. The molecule has 1 N–H and O–H groups in total. The lowest BCUT2D eigenvalue weighted by atomic mass is 10.1. The van der Waals surface area contributed by atoms with Gasteiger partial charge in [0.05, 0.1) is 16.4 Å². The van der Waals surface area contributed by atoms with Crippen molar-refractivity contribution in [3.63, 3.8) is 0 Å². The second kappa shape index (κ2) is 8.71. The smallest absolute Gasteiger partial charge is 0.261 e. The average molecular weight is 404 g/mol. The van der Waals surface area contributed by atoms with Gasteiger partial charge < -0.3 is 15.0 Å². The number of rotatable bonds is 6. The molecule has 0 bridgehead atoms. The van der Waals surface area contributed by atoms with E-state index in [9.17, 15) is 4.79 Å². The van der Waals surface area contributed by atoms with E-state index >= 15 is 0 Å². The van der Waals surface area contributed by atoms with E-state index in [0.29, 0.717) is 6.54 Å². The van der Waals surface area contributed by atoms with Crippen molar-refractivity contribution in [3.05, 3.63) is 16.8 Å². The molecule has 0 aromatic carbocycles. The minimum absolute atomic E-state index is 0.0327. The number of nitrogens with zero attached hydrogens (tertiary/aromatic N) is 4. The van der Waals surface area contributed by atoms with Gasteiger partial charge in [0.1, 0.15) is 17.0 Å². The van der Waals surface area contributed by atoms with Gasteiger partial charge in [-0.3, -0.25) is 9.69 Å². The first-order valence-corrected chi connectivity index (χ1v) is 11.1. The molecule has 1 unspecified atom stereocenters. The fraction of sp³-hybridized carbons (Fsp3) is 0.650. The van der Waals surface area contributed by atoms with Gasteiger partial charge in [0.25, 0.3) is 5.91 Å². The van der Waals surface area contributed by atoms with Crippen molar-refractivity contribution in [3.8, 4) is 0 Å². The predicted molar refractivity (Wildman–Crippen MR) is 112 cm³/mol. The number of nitrogens with one attached hydrogen (secondary N) is 1. The molecule has 0 aliphatic carbocycles. The Balaban J connectivity index is 1.52. The maximum absolute atomic E-state index is 12.8. The summed E-state index contributed by atoms with van der Waals surface area (Å²) in [6.45, 7) is 10.8. The fourth-order valence-electron chi connectivity index (χ4n) is 4.10. The summed E-state index contributed by atoms with van der Waals surface area (Å²) in [6.07, 6.45) is 5.05. The highest BCUT2D eigenvalue weighted by molar-refractivity contribution is 7.20. The number of carbonyl (C=O) groups is 1. The Hall–Kier alpha value is -1.77. The van der Waals surface area contributed by atoms with Crippen molar-refractivity contribution in [1.29, 1.82) is 0 Å². The topological polar surface area (TPSA) is 70.6 Å². The minimum atomic E-state index is -0.0327. The van der Waals surface area contributed by atoms with Crippen LogP contribution in [0.1, 0.15) is 41.4 Å². The monoisotopic (exact) mass is 403 g/mol.